The minimum atomic E-state index is -0.335. The van der Waals surface area contributed by atoms with Crippen molar-refractivity contribution in [1.82, 2.24) is 19.5 Å². The Bertz CT molecular complexity index is 891. The van der Waals surface area contributed by atoms with Crippen molar-refractivity contribution in [3.8, 4) is 0 Å². The lowest BCUT2D eigenvalue weighted by molar-refractivity contribution is 0.271. The van der Waals surface area contributed by atoms with Crippen LogP contribution in [0.4, 0.5) is 21.8 Å². The highest BCUT2D eigenvalue weighted by Gasteiger charge is 2.16. The molecule has 3 aromatic rings. The summed E-state index contributed by atoms with van der Waals surface area (Å²) in [7, 11) is 0. The first-order valence-corrected chi connectivity index (χ1v) is 8.66. The number of hydrogen-bond donors (Lipinski definition) is 3. The number of fused-ring (bicyclic) bond motifs is 1. The van der Waals surface area contributed by atoms with Crippen molar-refractivity contribution in [3.05, 3.63) is 36.4 Å². The van der Waals surface area contributed by atoms with E-state index in [2.05, 4.69) is 25.6 Å². The van der Waals surface area contributed by atoms with Gasteiger partial charge in [-0.2, -0.15) is 9.97 Å². The summed E-state index contributed by atoms with van der Waals surface area (Å²) in [6.45, 7) is 6.03. The van der Waals surface area contributed by atoms with Crippen LogP contribution in [0.25, 0.3) is 11.2 Å². The van der Waals surface area contributed by atoms with Crippen LogP contribution in [0.2, 0.25) is 0 Å². The molecule has 8 heteroatoms. The molecule has 0 unspecified atom stereocenters. The second-order valence-corrected chi connectivity index (χ2v) is 6.38. The van der Waals surface area contributed by atoms with Crippen LogP contribution < -0.4 is 10.6 Å². The Morgan fingerprint density at radius 2 is 2.08 bits per heavy atom. The zero-order valence-electron chi connectivity index (χ0n) is 15.1. The van der Waals surface area contributed by atoms with Gasteiger partial charge < -0.3 is 20.3 Å². The van der Waals surface area contributed by atoms with Crippen molar-refractivity contribution in [2.24, 2.45) is 0 Å². The number of halogens is 1. The number of aliphatic hydroxyl groups is 1. The number of nitrogens with zero attached hydrogens (tertiary/aromatic N) is 4. The van der Waals surface area contributed by atoms with Gasteiger partial charge in [0.25, 0.3) is 0 Å². The highest BCUT2D eigenvalue weighted by Crippen LogP contribution is 2.26. The van der Waals surface area contributed by atoms with E-state index in [1.165, 1.54) is 12.1 Å². The summed E-state index contributed by atoms with van der Waals surface area (Å²) in [6.07, 6.45) is 2.45. The van der Waals surface area contributed by atoms with Crippen LogP contribution >= 0.6 is 0 Å². The van der Waals surface area contributed by atoms with Gasteiger partial charge in [-0.15, -0.1) is 0 Å². The van der Waals surface area contributed by atoms with E-state index in [1.807, 2.05) is 25.3 Å². The van der Waals surface area contributed by atoms with Gasteiger partial charge in [-0.25, -0.2) is 9.37 Å². The average molecular weight is 358 g/mol. The van der Waals surface area contributed by atoms with Crippen LogP contribution in [0.5, 0.6) is 0 Å². The molecule has 7 nitrogen and oxygen atoms in total. The van der Waals surface area contributed by atoms with Gasteiger partial charge in [0.1, 0.15) is 5.82 Å². The minimum Gasteiger partial charge on any atom is -0.394 e. The Balaban J connectivity index is 2.07. The third kappa shape index (κ3) is 3.75. The normalized spacial score (nSPS) is 12.5. The number of rotatable bonds is 7. The fourth-order valence-corrected chi connectivity index (χ4v) is 2.61. The predicted molar refractivity (Wildman–Crippen MR) is 100 cm³/mol. The van der Waals surface area contributed by atoms with E-state index in [4.69, 9.17) is 0 Å². The number of aromatic nitrogens is 4. The summed E-state index contributed by atoms with van der Waals surface area (Å²) in [4.78, 5) is 13.5. The first-order chi connectivity index (χ1) is 12.5. The Kier molecular flexibility index (Phi) is 5.32. The molecule has 138 valence electrons. The number of nitrogens with one attached hydrogen (secondary N) is 2. The molecular formula is C18H23FN6O. The van der Waals surface area contributed by atoms with Crippen molar-refractivity contribution in [1.29, 1.82) is 0 Å². The molecule has 0 fully saturated rings. The number of hydrogen-bond acceptors (Lipinski definition) is 6. The third-order valence-corrected chi connectivity index (χ3v) is 4.11. The first-order valence-electron chi connectivity index (χ1n) is 8.66. The number of aliphatic hydroxyl groups excluding tert-OH is 1. The van der Waals surface area contributed by atoms with Gasteiger partial charge in [0.15, 0.2) is 17.0 Å². The summed E-state index contributed by atoms with van der Waals surface area (Å²) in [5.41, 5.74) is 1.85. The lowest BCUT2D eigenvalue weighted by Crippen LogP contribution is -2.24. The number of anilines is 3. The number of benzene rings is 1. The summed E-state index contributed by atoms with van der Waals surface area (Å²) in [6, 6.07) is 6.18. The van der Waals surface area contributed by atoms with Crippen LogP contribution in [0.1, 0.15) is 33.2 Å². The van der Waals surface area contributed by atoms with Gasteiger partial charge in [-0.3, -0.25) is 0 Å². The van der Waals surface area contributed by atoms with E-state index >= 15 is 0 Å². The van der Waals surface area contributed by atoms with Crippen molar-refractivity contribution < 1.29 is 9.50 Å². The Labute approximate surface area is 151 Å². The zero-order valence-corrected chi connectivity index (χ0v) is 15.1. The molecule has 3 N–H and O–H groups in total. The lowest BCUT2D eigenvalue weighted by Gasteiger charge is -2.16. The molecule has 2 aromatic heterocycles. The Morgan fingerprint density at radius 1 is 1.27 bits per heavy atom. The molecule has 0 aliphatic carbocycles. The smallest absolute Gasteiger partial charge is 0.227 e. The average Bonchev–Trinajstić information content (AvgIpc) is 3.04. The summed E-state index contributed by atoms with van der Waals surface area (Å²) >= 11 is 0. The largest absolute Gasteiger partial charge is 0.394 e. The van der Waals surface area contributed by atoms with Crippen LogP contribution in [0, 0.1) is 5.82 Å². The Hall–Kier alpha value is -2.74. The highest BCUT2D eigenvalue weighted by molar-refractivity contribution is 5.86. The topological polar surface area (TPSA) is 87.9 Å². The molecule has 3 rings (SSSR count). The van der Waals surface area contributed by atoms with E-state index in [0.717, 1.165) is 6.42 Å². The molecular weight excluding hydrogens is 335 g/mol. The van der Waals surface area contributed by atoms with E-state index in [1.54, 1.807) is 18.5 Å². The monoisotopic (exact) mass is 358 g/mol. The standard InChI is InChI=1S/C18H23FN6O/c1-4-13(9-26)22-18-23-16(21-14-7-5-6-12(19)8-14)15-17(24-18)25(10-20-15)11(2)3/h5-8,10-11,13,26H,4,9H2,1-3H3,(H2,21,22,23,24)/t13-/m0/s1. The van der Waals surface area contributed by atoms with Crippen LogP contribution in [-0.4, -0.2) is 37.3 Å². The fourth-order valence-electron chi connectivity index (χ4n) is 2.61. The third-order valence-electron chi connectivity index (χ3n) is 4.11. The van der Waals surface area contributed by atoms with E-state index < -0.39 is 0 Å². The first kappa shape index (κ1) is 18.1. The maximum atomic E-state index is 13.5. The second kappa shape index (κ2) is 7.65. The molecule has 0 radical (unpaired) electrons. The van der Waals surface area contributed by atoms with Gasteiger partial charge in [0.05, 0.1) is 19.0 Å². The maximum Gasteiger partial charge on any atom is 0.227 e. The van der Waals surface area contributed by atoms with Gasteiger partial charge in [-0.1, -0.05) is 13.0 Å². The summed E-state index contributed by atoms with van der Waals surface area (Å²) in [5.74, 6) is 0.535. The summed E-state index contributed by atoms with van der Waals surface area (Å²) in [5, 5.41) is 15.7. The molecule has 0 saturated carbocycles. The Morgan fingerprint density at radius 3 is 2.73 bits per heavy atom. The van der Waals surface area contributed by atoms with Crippen molar-refractivity contribution in [2.45, 2.75) is 39.3 Å². The summed E-state index contributed by atoms with van der Waals surface area (Å²) < 4.78 is 15.4. The molecule has 26 heavy (non-hydrogen) atoms. The van der Waals surface area contributed by atoms with Gasteiger partial charge in [-0.05, 0) is 38.5 Å². The molecule has 1 atom stereocenters. The number of imidazole rings is 1. The quantitative estimate of drug-likeness (QED) is 0.599. The lowest BCUT2D eigenvalue weighted by atomic mass is 10.2. The molecule has 1 aromatic carbocycles. The molecule has 0 bridgehead atoms. The van der Waals surface area contributed by atoms with E-state index in [0.29, 0.717) is 28.6 Å². The van der Waals surface area contributed by atoms with Crippen LogP contribution in [0.3, 0.4) is 0 Å². The van der Waals surface area contributed by atoms with Gasteiger partial charge >= 0.3 is 0 Å². The zero-order chi connectivity index (χ0) is 18.7. The van der Waals surface area contributed by atoms with Crippen LogP contribution in [0.15, 0.2) is 30.6 Å². The molecule has 0 amide bonds. The van der Waals surface area contributed by atoms with E-state index in [9.17, 15) is 9.50 Å². The molecule has 0 aliphatic rings. The van der Waals surface area contributed by atoms with Crippen molar-refractivity contribution in [3.63, 3.8) is 0 Å². The molecule has 0 saturated heterocycles. The van der Waals surface area contributed by atoms with Gasteiger partial charge in [0, 0.05) is 11.7 Å². The molecule has 0 aliphatic heterocycles. The van der Waals surface area contributed by atoms with Gasteiger partial charge in [0.2, 0.25) is 5.95 Å². The fraction of sp³-hybridized carbons (Fsp3) is 0.389. The maximum absolute atomic E-state index is 13.5. The highest BCUT2D eigenvalue weighted by atomic mass is 19.1. The molecule has 0 spiro atoms. The van der Waals surface area contributed by atoms with Crippen molar-refractivity contribution in [2.75, 3.05) is 17.2 Å². The second-order valence-electron chi connectivity index (χ2n) is 6.38. The predicted octanol–water partition coefficient (Wildman–Crippen LogP) is 3.47. The van der Waals surface area contributed by atoms with E-state index in [-0.39, 0.29) is 24.5 Å². The SMILES string of the molecule is CC[C@@H](CO)Nc1nc(Nc2cccc(F)c2)c2ncn(C(C)C)c2n1. The molecule has 2 heterocycles. The minimum absolute atomic E-state index is 0.0198. The van der Waals surface area contributed by atoms with Crippen LogP contribution in [-0.2, 0) is 0 Å². The van der Waals surface area contributed by atoms with Crippen molar-refractivity contribution >= 4 is 28.6 Å².